The summed E-state index contributed by atoms with van der Waals surface area (Å²) in [5.74, 6) is 1.14. The lowest BCUT2D eigenvalue weighted by molar-refractivity contribution is -0.169. The van der Waals surface area contributed by atoms with Gasteiger partial charge < -0.3 is 19.1 Å². The lowest BCUT2D eigenvalue weighted by Gasteiger charge is -2.38. The molecular weight excluding hydrogens is 344 g/mol. The summed E-state index contributed by atoms with van der Waals surface area (Å²) in [7, 11) is 1.75. The van der Waals surface area contributed by atoms with Gasteiger partial charge >= 0.3 is 0 Å². The van der Waals surface area contributed by atoms with E-state index in [2.05, 4.69) is 16.0 Å². The second kappa shape index (κ2) is 8.71. The molecule has 2 aliphatic rings. The summed E-state index contributed by atoms with van der Waals surface area (Å²) < 4.78 is 17.4. The van der Waals surface area contributed by atoms with Crippen LogP contribution in [0, 0.1) is 5.41 Å². The van der Waals surface area contributed by atoms with E-state index in [1.54, 1.807) is 11.9 Å². The molecule has 0 saturated carbocycles. The molecule has 27 heavy (non-hydrogen) atoms. The molecule has 1 aromatic rings. The molecule has 2 fully saturated rings. The first-order chi connectivity index (χ1) is 13.1. The van der Waals surface area contributed by atoms with Gasteiger partial charge in [-0.25, -0.2) is 0 Å². The van der Waals surface area contributed by atoms with Crippen LogP contribution in [0.2, 0.25) is 0 Å². The number of rotatable bonds is 4. The molecule has 0 atom stereocenters. The molecule has 2 heterocycles. The molecule has 0 unspecified atom stereocenters. The smallest absolute Gasteiger partial charge is 0.295 e. The van der Waals surface area contributed by atoms with Crippen LogP contribution >= 0.6 is 0 Å². The zero-order valence-electron chi connectivity index (χ0n) is 16.5. The van der Waals surface area contributed by atoms with Gasteiger partial charge in [-0.2, -0.15) is 0 Å². The molecule has 2 aliphatic heterocycles. The third-order valence-electron chi connectivity index (χ3n) is 5.18. The number of benzene rings is 1. The van der Waals surface area contributed by atoms with E-state index in [-0.39, 0.29) is 11.8 Å². The third kappa shape index (κ3) is 4.42. The number of nitrogens with zero attached hydrogens (tertiary/aromatic N) is 3. The quantitative estimate of drug-likeness (QED) is 0.648. The highest BCUT2D eigenvalue weighted by Crippen LogP contribution is 2.34. The van der Waals surface area contributed by atoms with Crippen molar-refractivity contribution in [1.82, 2.24) is 4.90 Å². The molecule has 1 aromatic carbocycles. The summed E-state index contributed by atoms with van der Waals surface area (Å²) in [6, 6.07) is 8.02. The Labute approximate surface area is 161 Å². The van der Waals surface area contributed by atoms with Gasteiger partial charge in [-0.3, -0.25) is 15.3 Å². The number of nitrogens with one attached hydrogen (secondary N) is 1. The van der Waals surface area contributed by atoms with Crippen molar-refractivity contribution in [3.05, 3.63) is 24.3 Å². The van der Waals surface area contributed by atoms with Gasteiger partial charge in [-0.05, 0) is 19.1 Å². The van der Waals surface area contributed by atoms with Crippen molar-refractivity contribution < 1.29 is 14.2 Å². The molecule has 148 valence electrons. The van der Waals surface area contributed by atoms with E-state index < -0.39 is 0 Å². The predicted octanol–water partition coefficient (Wildman–Crippen LogP) is 3.10. The Morgan fingerprint density at radius 1 is 1.26 bits per heavy atom. The first-order valence-electron chi connectivity index (χ1n) is 9.73. The molecule has 1 N–H and O–H groups in total. The van der Waals surface area contributed by atoms with Gasteiger partial charge in [0.2, 0.25) is 0 Å². The zero-order chi connectivity index (χ0) is 19.3. The van der Waals surface area contributed by atoms with Gasteiger partial charge in [-0.1, -0.05) is 13.0 Å². The molecule has 7 nitrogen and oxygen atoms in total. The van der Waals surface area contributed by atoms with Crippen molar-refractivity contribution >= 4 is 17.5 Å². The van der Waals surface area contributed by atoms with Crippen molar-refractivity contribution in [3.63, 3.8) is 0 Å². The fourth-order valence-electron chi connectivity index (χ4n) is 3.71. The topological polar surface area (TPSA) is 70.4 Å². The molecule has 7 heteroatoms. The van der Waals surface area contributed by atoms with Crippen molar-refractivity contribution in [1.29, 1.82) is 5.41 Å². The van der Waals surface area contributed by atoms with Crippen LogP contribution < -0.4 is 9.64 Å². The maximum Gasteiger partial charge on any atom is 0.295 e. The van der Waals surface area contributed by atoms with Crippen molar-refractivity contribution in [3.8, 4) is 5.75 Å². The lowest BCUT2D eigenvalue weighted by atomic mass is 10.0. The Hall–Kier alpha value is -2.12. The minimum Gasteiger partial charge on any atom is -0.426 e. The van der Waals surface area contributed by atoms with E-state index in [4.69, 9.17) is 19.6 Å². The largest absolute Gasteiger partial charge is 0.426 e. The Morgan fingerprint density at radius 3 is 2.56 bits per heavy atom. The van der Waals surface area contributed by atoms with E-state index in [0.717, 1.165) is 43.9 Å². The average molecular weight is 374 g/mol. The minimum absolute atomic E-state index is 0.0995. The molecule has 2 saturated heterocycles. The van der Waals surface area contributed by atoms with E-state index in [0.29, 0.717) is 25.5 Å². The molecule has 1 spiro atoms. The Morgan fingerprint density at radius 2 is 1.96 bits per heavy atom. The highest BCUT2D eigenvalue weighted by Gasteiger charge is 2.39. The third-order valence-corrected chi connectivity index (χ3v) is 5.18. The van der Waals surface area contributed by atoms with Crippen LogP contribution in [-0.4, -0.2) is 62.4 Å². The standard InChI is InChI=1S/C20H30N4O3/c1-4-18(22-3)24(5-2)19(21)27-17-8-6-7-16(15-17)23-11-9-20(10-12-23)25-13-14-26-20/h6-8,15,21H,4-5,9-14H2,1-3H3. The number of anilines is 1. The normalized spacial score (nSPS) is 19.4. The Bertz CT molecular complexity index is 676. The summed E-state index contributed by atoms with van der Waals surface area (Å²) in [5, 5.41) is 8.32. The van der Waals surface area contributed by atoms with Crippen molar-refractivity contribution in [2.45, 2.75) is 38.9 Å². The molecular formula is C20H30N4O3. The summed E-state index contributed by atoms with van der Waals surface area (Å²) >= 11 is 0. The number of aliphatic imine (C=N–C) groups is 1. The van der Waals surface area contributed by atoms with Crippen molar-refractivity contribution in [2.75, 3.05) is 44.8 Å². The van der Waals surface area contributed by atoms with Crippen LogP contribution in [0.15, 0.2) is 29.3 Å². The molecule has 0 amide bonds. The number of ether oxygens (including phenoxy) is 3. The van der Waals surface area contributed by atoms with Crippen LogP contribution in [0.4, 0.5) is 5.69 Å². The SMILES string of the molecule is CCC(=NC)N(CC)C(=N)Oc1cccc(N2CCC3(CC2)OCCO3)c1. The summed E-state index contributed by atoms with van der Waals surface area (Å²) in [6.45, 7) is 7.81. The fourth-order valence-corrected chi connectivity index (χ4v) is 3.71. The van der Waals surface area contributed by atoms with Crippen LogP contribution in [-0.2, 0) is 9.47 Å². The van der Waals surface area contributed by atoms with E-state index in [1.807, 2.05) is 32.0 Å². The first kappa shape index (κ1) is 19.6. The Balaban J connectivity index is 1.64. The highest BCUT2D eigenvalue weighted by molar-refractivity contribution is 5.96. The van der Waals surface area contributed by atoms with E-state index in [1.165, 1.54) is 0 Å². The lowest BCUT2D eigenvalue weighted by Crippen LogP contribution is -2.45. The van der Waals surface area contributed by atoms with Crippen LogP contribution in [0.5, 0.6) is 5.75 Å². The van der Waals surface area contributed by atoms with Crippen molar-refractivity contribution in [2.24, 2.45) is 4.99 Å². The summed E-state index contributed by atoms with van der Waals surface area (Å²) in [5.41, 5.74) is 1.09. The number of hydrogen-bond donors (Lipinski definition) is 1. The van der Waals surface area contributed by atoms with Gasteiger partial charge in [0.25, 0.3) is 6.02 Å². The maximum absolute atomic E-state index is 8.32. The van der Waals surface area contributed by atoms with Gasteiger partial charge in [0, 0.05) is 57.7 Å². The summed E-state index contributed by atoms with van der Waals surface area (Å²) in [6.07, 6.45) is 2.49. The Kier molecular flexibility index (Phi) is 6.34. The molecule has 0 bridgehead atoms. The number of piperidine rings is 1. The number of hydrogen-bond acceptors (Lipinski definition) is 6. The van der Waals surface area contributed by atoms with Gasteiger partial charge in [0.1, 0.15) is 11.6 Å². The van der Waals surface area contributed by atoms with Crippen LogP contribution in [0.25, 0.3) is 0 Å². The van der Waals surface area contributed by atoms with Gasteiger partial charge in [0.05, 0.1) is 13.2 Å². The van der Waals surface area contributed by atoms with Crippen LogP contribution in [0.1, 0.15) is 33.1 Å². The monoisotopic (exact) mass is 374 g/mol. The maximum atomic E-state index is 8.32. The van der Waals surface area contributed by atoms with E-state index >= 15 is 0 Å². The number of amidine groups is 2. The molecule has 0 aromatic heterocycles. The van der Waals surface area contributed by atoms with Gasteiger partial charge in [0.15, 0.2) is 5.79 Å². The van der Waals surface area contributed by atoms with E-state index in [9.17, 15) is 0 Å². The second-order valence-corrected chi connectivity index (χ2v) is 6.74. The predicted molar refractivity (Wildman–Crippen MR) is 107 cm³/mol. The van der Waals surface area contributed by atoms with Gasteiger partial charge in [-0.15, -0.1) is 0 Å². The molecule has 0 radical (unpaired) electrons. The highest BCUT2D eigenvalue weighted by atomic mass is 16.7. The molecule has 3 rings (SSSR count). The summed E-state index contributed by atoms with van der Waals surface area (Å²) in [4.78, 5) is 8.35. The fraction of sp³-hybridized carbons (Fsp3) is 0.600. The average Bonchev–Trinajstić information content (AvgIpc) is 3.14. The molecule has 0 aliphatic carbocycles. The minimum atomic E-state index is -0.371. The second-order valence-electron chi connectivity index (χ2n) is 6.74. The first-order valence-corrected chi connectivity index (χ1v) is 9.73. The zero-order valence-corrected chi connectivity index (χ0v) is 16.5. The van der Waals surface area contributed by atoms with Crippen LogP contribution in [0.3, 0.4) is 0 Å².